The normalized spacial score (nSPS) is 18.8. The van der Waals surface area contributed by atoms with Gasteiger partial charge in [-0.1, -0.05) is 103 Å². The van der Waals surface area contributed by atoms with E-state index in [1.807, 2.05) is 0 Å². The van der Waals surface area contributed by atoms with Crippen molar-refractivity contribution in [1.82, 2.24) is 5.32 Å². The number of carbonyl (C=O) groups is 6. The van der Waals surface area contributed by atoms with Gasteiger partial charge >= 0.3 is 35.9 Å². The molecule has 0 radical (unpaired) electrons. The van der Waals surface area contributed by atoms with E-state index in [0.29, 0.717) is 5.56 Å². The van der Waals surface area contributed by atoms with Crippen LogP contribution >= 0.6 is 0 Å². The van der Waals surface area contributed by atoms with Crippen molar-refractivity contribution in [2.45, 2.75) is 50.3 Å². The molecule has 0 aliphatic carbocycles. The molecule has 1 amide bonds. The molecule has 1 fully saturated rings. The van der Waals surface area contributed by atoms with Gasteiger partial charge in [-0.2, -0.15) is 0 Å². The van der Waals surface area contributed by atoms with E-state index >= 15 is 0 Å². The molecule has 14 heteroatoms. The summed E-state index contributed by atoms with van der Waals surface area (Å²) in [5.41, 5.74) is 1.14. The molecule has 0 saturated carbocycles. The first kappa shape index (κ1) is 41.3. The molecule has 5 aromatic rings. The second-order valence-corrected chi connectivity index (χ2v) is 13.1. The van der Waals surface area contributed by atoms with Crippen molar-refractivity contribution in [3.8, 4) is 0 Å². The van der Waals surface area contributed by atoms with E-state index in [4.69, 9.17) is 33.2 Å². The highest BCUT2D eigenvalue weighted by Crippen LogP contribution is 2.32. The molecule has 1 saturated heterocycles. The van der Waals surface area contributed by atoms with Gasteiger partial charge in [0.1, 0.15) is 25.4 Å². The van der Waals surface area contributed by atoms with Crippen LogP contribution in [0.25, 0.3) is 0 Å². The molecule has 1 heterocycles. The zero-order valence-electron chi connectivity index (χ0n) is 31.6. The molecule has 0 bridgehead atoms. The van der Waals surface area contributed by atoms with Crippen molar-refractivity contribution < 1.29 is 61.9 Å². The molecule has 59 heavy (non-hydrogen) atoms. The predicted molar refractivity (Wildman–Crippen MR) is 208 cm³/mol. The number of alkyl carbamates (subject to hydrolysis) is 1. The number of benzene rings is 5. The Morgan fingerprint density at radius 1 is 0.508 bits per heavy atom. The van der Waals surface area contributed by atoms with Crippen LogP contribution in [0.1, 0.15) is 53.9 Å². The SMILES string of the molecule is CC(NC(=O)OCc1ccccc1)C(=O)O[C@@H]1O[C@H](COC(=O)c2ccccc2)[C@@H](OC(=O)c2ccccc2)[C@H](OC(=O)c2ccccc2)[C@H]1OC(=O)c1ccccc1. The van der Waals surface area contributed by atoms with E-state index < -0.39 is 79.3 Å². The molecule has 6 atom stereocenters. The standard InChI is InChI=1S/C45H39NO13/c1-29(46-45(52)54-27-30-17-7-2-8-18-30)39(47)59-44-38(58-43(51)34-25-15-6-16-26-34)37(57-42(50)33-23-13-5-14-24-33)36(56-41(49)32-21-11-4-12-22-32)35(55-44)28-53-40(48)31-19-9-3-10-20-31/h2-26,29,35-38,44H,27-28H2,1H3,(H,46,52)/t29?,35-,36-,37+,38-,44+/m1/s1. The highest BCUT2D eigenvalue weighted by atomic mass is 16.7. The summed E-state index contributed by atoms with van der Waals surface area (Å²) in [5.74, 6) is -4.63. The molecule has 302 valence electrons. The van der Waals surface area contributed by atoms with Gasteiger partial charge in [-0.05, 0) is 61.0 Å². The molecule has 14 nitrogen and oxygen atoms in total. The number of rotatable bonds is 14. The zero-order valence-corrected chi connectivity index (χ0v) is 31.6. The third kappa shape index (κ3) is 11.4. The Balaban J connectivity index is 1.34. The summed E-state index contributed by atoms with van der Waals surface area (Å²) in [5, 5.41) is 2.39. The minimum Gasteiger partial charge on any atom is -0.459 e. The number of esters is 5. The third-order valence-electron chi connectivity index (χ3n) is 8.87. The van der Waals surface area contributed by atoms with Gasteiger partial charge in [0, 0.05) is 0 Å². The fourth-order valence-electron chi connectivity index (χ4n) is 5.84. The number of hydrogen-bond acceptors (Lipinski definition) is 13. The maximum Gasteiger partial charge on any atom is 0.408 e. The lowest BCUT2D eigenvalue weighted by Gasteiger charge is -2.44. The number of hydrogen-bond donors (Lipinski definition) is 1. The molecule has 0 spiro atoms. The van der Waals surface area contributed by atoms with Crippen LogP contribution in [-0.4, -0.2) is 79.3 Å². The molecule has 6 rings (SSSR count). The maximum absolute atomic E-state index is 13.8. The van der Waals surface area contributed by atoms with Crippen LogP contribution < -0.4 is 5.32 Å². The van der Waals surface area contributed by atoms with Gasteiger partial charge in [-0.3, -0.25) is 0 Å². The molecule has 1 aliphatic heterocycles. The highest BCUT2D eigenvalue weighted by Gasteiger charge is 2.55. The lowest BCUT2D eigenvalue weighted by atomic mass is 9.97. The van der Waals surface area contributed by atoms with Gasteiger partial charge in [-0.25, -0.2) is 28.8 Å². The first-order valence-electron chi connectivity index (χ1n) is 18.5. The van der Waals surface area contributed by atoms with Crippen LogP contribution in [0.15, 0.2) is 152 Å². The molecule has 1 aliphatic rings. The van der Waals surface area contributed by atoms with E-state index in [1.165, 1.54) is 55.5 Å². The zero-order chi connectivity index (χ0) is 41.6. The number of ether oxygens (including phenoxy) is 7. The Hall–Kier alpha value is -7.32. The van der Waals surface area contributed by atoms with Crippen molar-refractivity contribution in [2.24, 2.45) is 0 Å². The molecular weight excluding hydrogens is 762 g/mol. The molecule has 1 unspecified atom stereocenters. The molecule has 1 N–H and O–H groups in total. The van der Waals surface area contributed by atoms with Crippen molar-refractivity contribution in [3.63, 3.8) is 0 Å². The van der Waals surface area contributed by atoms with E-state index in [9.17, 15) is 28.8 Å². The van der Waals surface area contributed by atoms with Gasteiger partial charge in [0.25, 0.3) is 0 Å². The number of carbonyl (C=O) groups excluding carboxylic acids is 6. The monoisotopic (exact) mass is 801 g/mol. The van der Waals surface area contributed by atoms with E-state index in [1.54, 1.807) is 103 Å². The number of nitrogens with one attached hydrogen (secondary N) is 1. The Bertz CT molecular complexity index is 2190. The summed E-state index contributed by atoms with van der Waals surface area (Å²) >= 11 is 0. The van der Waals surface area contributed by atoms with Crippen LogP contribution in [-0.2, 0) is 44.6 Å². The van der Waals surface area contributed by atoms with Crippen molar-refractivity contribution >= 4 is 35.9 Å². The van der Waals surface area contributed by atoms with Crippen LogP contribution in [0.5, 0.6) is 0 Å². The fourth-order valence-corrected chi connectivity index (χ4v) is 5.84. The van der Waals surface area contributed by atoms with Crippen LogP contribution in [0, 0.1) is 0 Å². The summed E-state index contributed by atoms with van der Waals surface area (Å²) < 4.78 is 40.7. The molecule has 0 aromatic heterocycles. The Kier molecular flexibility index (Phi) is 14.1. The lowest BCUT2D eigenvalue weighted by molar-refractivity contribution is -0.290. The van der Waals surface area contributed by atoms with Gasteiger partial charge in [-0.15, -0.1) is 0 Å². The van der Waals surface area contributed by atoms with Crippen molar-refractivity contribution in [1.29, 1.82) is 0 Å². The summed E-state index contributed by atoms with van der Waals surface area (Å²) in [6.45, 7) is 0.599. The van der Waals surface area contributed by atoms with Gasteiger partial charge in [0.15, 0.2) is 12.2 Å². The van der Waals surface area contributed by atoms with Crippen LogP contribution in [0.2, 0.25) is 0 Å². The first-order valence-corrected chi connectivity index (χ1v) is 18.5. The fraction of sp³-hybridized carbons (Fsp3) is 0.200. The summed E-state index contributed by atoms with van der Waals surface area (Å²) in [6, 6.07) is 38.9. The maximum atomic E-state index is 13.8. The topological polar surface area (TPSA) is 179 Å². The van der Waals surface area contributed by atoms with Crippen molar-refractivity contribution in [3.05, 3.63) is 179 Å². The predicted octanol–water partition coefficient (Wildman–Crippen LogP) is 6.10. The molecule has 5 aromatic carbocycles. The van der Waals surface area contributed by atoms with Gasteiger partial charge in [0.05, 0.1) is 22.3 Å². The number of amides is 1. The van der Waals surface area contributed by atoms with Gasteiger partial charge in [0.2, 0.25) is 12.4 Å². The van der Waals surface area contributed by atoms with Crippen molar-refractivity contribution in [2.75, 3.05) is 6.61 Å². The largest absolute Gasteiger partial charge is 0.459 e. The average molecular weight is 802 g/mol. The van der Waals surface area contributed by atoms with Gasteiger partial charge < -0.3 is 38.5 Å². The van der Waals surface area contributed by atoms with E-state index in [2.05, 4.69) is 5.32 Å². The second kappa shape index (κ2) is 20.2. The van der Waals surface area contributed by atoms with E-state index in [0.717, 1.165) is 0 Å². The quantitative estimate of drug-likeness (QED) is 0.101. The Morgan fingerprint density at radius 2 is 0.915 bits per heavy atom. The van der Waals surface area contributed by atoms with Crippen LogP contribution in [0.3, 0.4) is 0 Å². The highest BCUT2D eigenvalue weighted by molar-refractivity contribution is 5.92. The molecular formula is C45H39NO13. The summed E-state index contributed by atoms with van der Waals surface area (Å²) in [7, 11) is 0. The second-order valence-electron chi connectivity index (χ2n) is 13.1. The lowest BCUT2D eigenvalue weighted by Crippen LogP contribution is -2.63. The van der Waals surface area contributed by atoms with E-state index in [-0.39, 0.29) is 28.9 Å². The first-order chi connectivity index (χ1) is 28.7. The minimum atomic E-state index is -1.90. The smallest absolute Gasteiger partial charge is 0.408 e. The average Bonchev–Trinajstić information content (AvgIpc) is 3.28. The minimum absolute atomic E-state index is 0.0682. The summed E-state index contributed by atoms with van der Waals surface area (Å²) in [6.07, 6.45) is -9.57. The van der Waals surface area contributed by atoms with Crippen LogP contribution in [0.4, 0.5) is 4.79 Å². The summed E-state index contributed by atoms with van der Waals surface area (Å²) in [4.78, 5) is 80.7. The Labute approximate surface area is 338 Å². The third-order valence-corrected chi connectivity index (χ3v) is 8.87. The Morgan fingerprint density at radius 3 is 1.39 bits per heavy atom.